The van der Waals surface area contributed by atoms with Crippen LogP contribution in [-0.2, 0) is 4.79 Å². The lowest BCUT2D eigenvalue weighted by atomic mass is 9.99. The number of carbonyl (C=O) groups is 2. The van der Waals surface area contributed by atoms with E-state index in [4.69, 9.17) is 5.11 Å². The highest BCUT2D eigenvalue weighted by molar-refractivity contribution is 7.99. The van der Waals surface area contributed by atoms with Crippen molar-refractivity contribution < 1.29 is 27.9 Å². The van der Waals surface area contributed by atoms with Crippen LogP contribution in [0.1, 0.15) is 26.7 Å². The van der Waals surface area contributed by atoms with E-state index in [1.165, 1.54) is 6.07 Å². The summed E-state index contributed by atoms with van der Waals surface area (Å²) in [5.74, 6) is -2.08. The van der Waals surface area contributed by atoms with Crippen LogP contribution in [0.25, 0.3) is 0 Å². The van der Waals surface area contributed by atoms with E-state index in [0.717, 1.165) is 23.9 Å². The summed E-state index contributed by atoms with van der Waals surface area (Å²) in [6.07, 6.45) is -2.45. The molecule has 5 nitrogen and oxygen atoms in total. The Morgan fingerprint density at radius 3 is 2.58 bits per heavy atom. The Kier molecular flexibility index (Phi) is 7.40. The molecule has 2 amide bonds. The second-order valence-electron chi connectivity index (χ2n) is 5.70. The lowest BCUT2D eigenvalue weighted by Gasteiger charge is -2.26. The topological polar surface area (TPSA) is 78.4 Å². The maximum atomic E-state index is 13.3. The molecule has 0 spiro atoms. The second-order valence-corrected chi connectivity index (χ2v) is 6.76. The van der Waals surface area contributed by atoms with Crippen molar-refractivity contribution in [2.45, 2.75) is 43.5 Å². The highest BCUT2D eigenvalue weighted by Gasteiger charge is 2.22. The Bertz CT molecular complexity index is 597. The van der Waals surface area contributed by atoms with Gasteiger partial charge in [-0.2, -0.15) is 0 Å². The van der Waals surface area contributed by atoms with Crippen molar-refractivity contribution in [2.75, 3.05) is 11.1 Å². The van der Waals surface area contributed by atoms with Gasteiger partial charge in [0.15, 0.2) is 0 Å². The van der Waals surface area contributed by atoms with Crippen LogP contribution in [0.2, 0.25) is 0 Å². The largest absolute Gasteiger partial charge is 0.481 e. The van der Waals surface area contributed by atoms with Crippen molar-refractivity contribution in [3.05, 3.63) is 24.0 Å². The van der Waals surface area contributed by atoms with Crippen molar-refractivity contribution in [1.82, 2.24) is 5.32 Å². The van der Waals surface area contributed by atoms with Crippen LogP contribution < -0.4 is 10.6 Å². The van der Waals surface area contributed by atoms with Gasteiger partial charge in [0.25, 0.3) is 0 Å². The van der Waals surface area contributed by atoms with Gasteiger partial charge >= 0.3 is 12.0 Å². The van der Waals surface area contributed by atoms with Gasteiger partial charge in [-0.3, -0.25) is 4.79 Å². The number of hydrogen-bond acceptors (Lipinski definition) is 3. The molecule has 24 heavy (non-hydrogen) atoms. The van der Waals surface area contributed by atoms with E-state index in [0.29, 0.717) is 4.90 Å². The molecule has 0 aromatic heterocycles. The molecule has 1 aromatic rings. The summed E-state index contributed by atoms with van der Waals surface area (Å²) in [5, 5.41) is 13.7. The van der Waals surface area contributed by atoms with E-state index < -0.39 is 35.5 Å². The molecule has 0 radical (unpaired) electrons. The Hall–Kier alpha value is -1.90. The molecular weight excluding hydrogens is 345 g/mol. The number of carboxylic acids is 1. The average Bonchev–Trinajstić information content (AvgIpc) is 2.43. The quantitative estimate of drug-likeness (QED) is 0.611. The number of alkyl halides is 2. The van der Waals surface area contributed by atoms with Crippen molar-refractivity contribution in [3.63, 3.8) is 0 Å². The Morgan fingerprint density at radius 2 is 2.00 bits per heavy atom. The molecule has 0 heterocycles. The van der Waals surface area contributed by atoms with E-state index in [2.05, 4.69) is 10.6 Å². The fourth-order valence-corrected chi connectivity index (χ4v) is 2.56. The van der Waals surface area contributed by atoms with E-state index in [-0.39, 0.29) is 18.5 Å². The number of carboxylic acid groups (broad SMARTS) is 1. The van der Waals surface area contributed by atoms with Crippen LogP contribution in [0.3, 0.4) is 0 Å². The molecule has 9 heteroatoms. The lowest BCUT2D eigenvalue weighted by Crippen LogP contribution is -2.45. The number of benzene rings is 1. The van der Waals surface area contributed by atoms with E-state index >= 15 is 0 Å². The van der Waals surface area contributed by atoms with E-state index in [9.17, 15) is 22.8 Å². The standard InChI is InChI=1S/C15H19F3N2O3S/c1-15(2,6-5-13(21)22)20-14(23)19-10-7-9(16)3-4-11(10)24-8-12(17)18/h3-4,7,12H,5-6,8H2,1-2H3,(H,21,22)(H2,19,20,23). The van der Waals surface area contributed by atoms with Gasteiger partial charge in [-0.25, -0.2) is 18.0 Å². The minimum Gasteiger partial charge on any atom is -0.481 e. The van der Waals surface area contributed by atoms with Gasteiger partial charge in [-0.05, 0) is 38.5 Å². The highest BCUT2D eigenvalue weighted by Crippen LogP contribution is 2.29. The van der Waals surface area contributed by atoms with Gasteiger partial charge in [-0.15, -0.1) is 11.8 Å². The highest BCUT2D eigenvalue weighted by atomic mass is 32.2. The fourth-order valence-electron chi connectivity index (χ4n) is 1.82. The second kappa shape index (κ2) is 8.81. The first-order valence-corrected chi connectivity index (χ1v) is 8.09. The summed E-state index contributed by atoms with van der Waals surface area (Å²) in [6, 6.07) is 2.80. The van der Waals surface area contributed by atoms with Gasteiger partial charge < -0.3 is 15.7 Å². The SMILES string of the molecule is CC(C)(CCC(=O)O)NC(=O)Nc1cc(F)ccc1SCC(F)F. The molecule has 0 unspecified atom stereocenters. The Labute approximate surface area is 142 Å². The van der Waals surface area contributed by atoms with E-state index in [1.54, 1.807) is 13.8 Å². The van der Waals surface area contributed by atoms with Crippen molar-refractivity contribution in [2.24, 2.45) is 0 Å². The summed E-state index contributed by atoms with van der Waals surface area (Å²) in [7, 11) is 0. The fraction of sp³-hybridized carbons (Fsp3) is 0.467. The molecule has 0 fully saturated rings. The zero-order chi connectivity index (χ0) is 18.3. The zero-order valence-electron chi connectivity index (χ0n) is 13.2. The zero-order valence-corrected chi connectivity index (χ0v) is 14.1. The third-order valence-corrected chi connectivity index (χ3v) is 4.06. The monoisotopic (exact) mass is 364 g/mol. The number of halogens is 3. The average molecular weight is 364 g/mol. The van der Waals surface area contributed by atoms with Gasteiger partial charge in [0.1, 0.15) is 5.82 Å². The Balaban J connectivity index is 2.74. The number of carbonyl (C=O) groups excluding carboxylic acids is 1. The molecule has 134 valence electrons. The first-order chi connectivity index (χ1) is 11.1. The van der Waals surface area contributed by atoms with Crippen molar-refractivity contribution in [1.29, 1.82) is 0 Å². The van der Waals surface area contributed by atoms with Gasteiger partial charge in [0.05, 0.1) is 11.4 Å². The van der Waals surface area contributed by atoms with E-state index in [1.807, 2.05) is 0 Å². The van der Waals surface area contributed by atoms with Crippen molar-refractivity contribution in [3.8, 4) is 0 Å². The lowest BCUT2D eigenvalue weighted by molar-refractivity contribution is -0.137. The summed E-state index contributed by atoms with van der Waals surface area (Å²) in [5.41, 5.74) is -0.723. The molecule has 1 aromatic carbocycles. The molecule has 3 N–H and O–H groups in total. The van der Waals surface area contributed by atoms with Crippen LogP contribution in [0.4, 0.5) is 23.7 Å². The third kappa shape index (κ3) is 7.58. The number of urea groups is 1. The molecular formula is C15H19F3N2O3S. The molecule has 0 aliphatic carbocycles. The number of hydrogen-bond donors (Lipinski definition) is 3. The number of nitrogens with one attached hydrogen (secondary N) is 2. The maximum absolute atomic E-state index is 13.3. The van der Waals surface area contributed by atoms with Gasteiger partial charge in [0, 0.05) is 16.9 Å². The smallest absolute Gasteiger partial charge is 0.319 e. The minimum absolute atomic E-state index is 0.0761. The first-order valence-electron chi connectivity index (χ1n) is 7.10. The van der Waals surface area contributed by atoms with Gasteiger partial charge in [-0.1, -0.05) is 0 Å². The third-order valence-electron chi connectivity index (χ3n) is 2.97. The summed E-state index contributed by atoms with van der Waals surface area (Å²) >= 11 is 0.801. The molecule has 0 aliphatic heterocycles. The predicted octanol–water partition coefficient (Wildman–Crippen LogP) is 3.95. The van der Waals surface area contributed by atoms with Crippen LogP contribution in [0.15, 0.2) is 23.1 Å². The minimum atomic E-state index is -2.53. The number of amides is 2. The molecule has 0 bridgehead atoms. The molecule has 1 rings (SSSR count). The van der Waals surface area contributed by atoms with Crippen LogP contribution in [0, 0.1) is 5.82 Å². The molecule has 0 saturated heterocycles. The molecule has 0 aliphatic rings. The first kappa shape index (κ1) is 20.1. The Morgan fingerprint density at radius 1 is 1.33 bits per heavy atom. The van der Waals surface area contributed by atoms with Crippen LogP contribution in [-0.4, -0.2) is 34.8 Å². The van der Waals surface area contributed by atoms with Gasteiger partial charge in [0.2, 0.25) is 6.43 Å². The summed E-state index contributed by atoms with van der Waals surface area (Å²) < 4.78 is 38.0. The number of rotatable bonds is 8. The summed E-state index contributed by atoms with van der Waals surface area (Å²) in [4.78, 5) is 22.9. The number of thioether (sulfide) groups is 1. The summed E-state index contributed by atoms with van der Waals surface area (Å²) in [6.45, 7) is 3.29. The maximum Gasteiger partial charge on any atom is 0.319 e. The van der Waals surface area contributed by atoms with Crippen LogP contribution in [0.5, 0.6) is 0 Å². The number of aliphatic carboxylic acids is 1. The normalized spacial score (nSPS) is 11.4. The van der Waals surface area contributed by atoms with Crippen molar-refractivity contribution >= 4 is 29.4 Å². The number of anilines is 1. The molecule has 0 saturated carbocycles. The predicted molar refractivity (Wildman–Crippen MR) is 86.2 cm³/mol. The van der Waals surface area contributed by atoms with Crippen LogP contribution >= 0.6 is 11.8 Å². The molecule has 0 atom stereocenters.